The Bertz CT molecular complexity index is 894. The van der Waals surface area contributed by atoms with Gasteiger partial charge >= 0.3 is 0 Å². The lowest BCUT2D eigenvalue weighted by molar-refractivity contribution is 0.386. The molecule has 3 nitrogen and oxygen atoms in total. The normalized spacial score (nSPS) is 21.2. The summed E-state index contributed by atoms with van der Waals surface area (Å²) in [7, 11) is -3.62. The fourth-order valence-corrected chi connectivity index (χ4v) is 5.82. The van der Waals surface area contributed by atoms with Crippen molar-refractivity contribution in [1.82, 2.24) is 4.31 Å². The molecule has 1 fully saturated rings. The Kier molecular flexibility index (Phi) is 4.38. The van der Waals surface area contributed by atoms with Gasteiger partial charge in [-0.15, -0.1) is 0 Å². The first-order valence-corrected chi connectivity index (χ1v) is 10.4. The van der Waals surface area contributed by atoms with Gasteiger partial charge in [-0.2, -0.15) is 4.31 Å². The third-order valence-corrected chi connectivity index (χ3v) is 7.30. The first-order valence-electron chi connectivity index (χ1n) is 8.95. The summed E-state index contributed by atoms with van der Waals surface area (Å²) in [5, 5.41) is 0. The van der Waals surface area contributed by atoms with Gasteiger partial charge in [0.25, 0.3) is 0 Å². The second-order valence-corrected chi connectivity index (χ2v) is 8.82. The van der Waals surface area contributed by atoms with Crippen LogP contribution in [0.4, 0.5) is 4.39 Å². The molecule has 132 valence electrons. The Labute approximate surface area is 148 Å². The number of hydrogen-bond donors (Lipinski definition) is 0. The highest BCUT2D eigenvalue weighted by Crippen LogP contribution is 2.38. The summed E-state index contributed by atoms with van der Waals surface area (Å²) in [5.41, 5.74) is 2.88. The maximum atomic E-state index is 14.2. The Hall–Kier alpha value is -1.72. The maximum absolute atomic E-state index is 14.2. The molecule has 0 aromatic heterocycles. The summed E-state index contributed by atoms with van der Waals surface area (Å²) in [6.45, 7) is 0.443. The van der Waals surface area contributed by atoms with E-state index in [1.165, 1.54) is 22.4 Å². The standard InChI is InChI=1S/C20H22FNO2S/c21-19-9-4-3-8-18(19)20-10-5-13-22(20)25(23,24)17-12-11-15-6-1-2-7-16(15)14-17/h3-4,8-9,11-12,14,20H,1-2,5-7,10,13H2/t20-/m0/s1. The fraction of sp³-hybridized carbons (Fsp3) is 0.400. The van der Waals surface area contributed by atoms with Crippen molar-refractivity contribution in [2.45, 2.75) is 49.5 Å². The molecule has 1 heterocycles. The van der Waals surface area contributed by atoms with E-state index in [0.29, 0.717) is 23.4 Å². The summed E-state index contributed by atoms with van der Waals surface area (Å²) >= 11 is 0. The molecule has 0 bridgehead atoms. The van der Waals surface area contributed by atoms with E-state index in [-0.39, 0.29) is 5.82 Å². The van der Waals surface area contributed by atoms with Crippen LogP contribution in [0, 0.1) is 5.82 Å². The smallest absolute Gasteiger partial charge is 0.207 e. The van der Waals surface area contributed by atoms with Crippen LogP contribution < -0.4 is 0 Å². The number of nitrogens with zero attached hydrogens (tertiary/aromatic N) is 1. The Morgan fingerprint density at radius 3 is 2.52 bits per heavy atom. The van der Waals surface area contributed by atoms with Crippen LogP contribution in [0.25, 0.3) is 0 Å². The molecular weight excluding hydrogens is 337 g/mol. The topological polar surface area (TPSA) is 37.4 Å². The van der Waals surface area contributed by atoms with Crippen molar-refractivity contribution in [1.29, 1.82) is 0 Å². The fourth-order valence-electron chi connectivity index (χ4n) is 4.09. The first-order chi connectivity index (χ1) is 12.1. The molecule has 1 saturated heterocycles. The zero-order chi connectivity index (χ0) is 17.4. The van der Waals surface area contributed by atoms with Gasteiger partial charge in [0.2, 0.25) is 10.0 Å². The zero-order valence-electron chi connectivity index (χ0n) is 14.1. The Morgan fingerprint density at radius 2 is 1.72 bits per heavy atom. The molecule has 4 rings (SSSR count). The van der Waals surface area contributed by atoms with Gasteiger partial charge < -0.3 is 0 Å². The molecule has 25 heavy (non-hydrogen) atoms. The Balaban J connectivity index is 1.71. The lowest BCUT2D eigenvalue weighted by atomic mass is 9.92. The molecule has 0 N–H and O–H groups in total. The van der Waals surface area contributed by atoms with E-state index in [0.717, 1.165) is 31.2 Å². The van der Waals surface area contributed by atoms with Crippen LogP contribution in [0.1, 0.15) is 48.4 Å². The highest BCUT2D eigenvalue weighted by Gasteiger charge is 2.37. The number of hydrogen-bond acceptors (Lipinski definition) is 2. The van der Waals surface area contributed by atoms with E-state index in [2.05, 4.69) is 0 Å². The maximum Gasteiger partial charge on any atom is 0.243 e. The summed E-state index contributed by atoms with van der Waals surface area (Å²) in [4.78, 5) is 0.344. The van der Waals surface area contributed by atoms with Crippen molar-refractivity contribution >= 4 is 10.0 Å². The third-order valence-electron chi connectivity index (χ3n) is 5.39. The molecule has 0 radical (unpaired) electrons. The summed E-state index contributed by atoms with van der Waals surface area (Å²) < 4.78 is 42.1. The predicted octanol–water partition coefficient (Wildman–Crippen LogP) is 4.23. The van der Waals surface area contributed by atoms with Crippen molar-refractivity contribution in [3.05, 3.63) is 65.0 Å². The minimum absolute atomic E-state index is 0.333. The van der Waals surface area contributed by atoms with Crippen LogP contribution in [0.15, 0.2) is 47.4 Å². The second kappa shape index (κ2) is 6.54. The minimum atomic E-state index is -3.62. The zero-order valence-corrected chi connectivity index (χ0v) is 14.9. The molecular formula is C20H22FNO2S. The van der Waals surface area contributed by atoms with Gasteiger partial charge in [-0.1, -0.05) is 24.3 Å². The summed E-state index contributed by atoms with van der Waals surface area (Å²) in [6.07, 6.45) is 5.65. The van der Waals surface area contributed by atoms with E-state index >= 15 is 0 Å². The van der Waals surface area contributed by atoms with Crippen LogP contribution in [-0.4, -0.2) is 19.3 Å². The first kappa shape index (κ1) is 16.7. The highest BCUT2D eigenvalue weighted by molar-refractivity contribution is 7.89. The number of sulfonamides is 1. The molecule has 1 atom stereocenters. The Morgan fingerprint density at radius 1 is 0.960 bits per heavy atom. The quantitative estimate of drug-likeness (QED) is 0.822. The molecule has 2 aromatic rings. The monoisotopic (exact) mass is 359 g/mol. The predicted molar refractivity (Wildman–Crippen MR) is 95.4 cm³/mol. The summed E-state index contributed by atoms with van der Waals surface area (Å²) in [5.74, 6) is -0.333. The molecule has 5 heteroatoms. The van der Waals surface area contributed by atoms with Gasteiger partial charge in [0, 0.05) is 12.1 Å². The SMILES string of the molecule is O=S(=O)(c1ccc2c(c1)CCCC2)N1CCC[C@H]1c1ccccc1F. The molecule has 0 spiro atoms. The van der Waals surface area contributed by atoms with Gasteiger partial charge in [0.15, 0.2) is 0 Å². The van der Waals surface area contributed by atoms with Crippen LogP contribution in [-0.2, 0) is 22.9 Å². The van der Waals surface area contributed by atoms with E-state index in [1.54, 1.807) is 24.3 Å². The molecule has 0 amide bonds. The largest absolute Gasteiger partial charge is 0.243 e. The van der Waals surface area contributed by atoms with Crippen LogP contribution >= 0.6 is 0 Å². The van der Waals surface area contributed by atoms with Gasteiger partial charge in [-0.3, -0.25) is 0 Å². The number of aryl methyl sites for hydroxylation is 2. The van der Waals surface area contributed by atoms with E-state index in [1.807, 2.05) is 12.1 Å². The second-order valence-electron chi connectivity index (χ2n) is 6.93. The number of rotatable bonds is 3. The van der Waals surface area contributed by atoms with Gasteiger partial charge in [0.1, 0.15) is 5.82 Å². The average molecular weight is 359 g/mol. The number of fused-ring (bicyclic) bond motifs is 1. The molecule has 0 saturated carbocycles. The molecule has 2 aromatic carbocycles. The molecule has 0 unspecified atom stereocenters. The summed E-state index contributed by atoms with van der Waals surface area (Å²) in [6, 6.07) is 11.6. The van der Waals surface area contributed by atoms with Gasteiger partial charge in [-0.25, -0.2) is 12.8 Å². The molecule has 2 aliphatic rings. The van der Waals surface area contributed by atoms with Crippen molar-refractivity contribution in [2.75, 3.05) is 6.54 Å². The van der Waals surface area contributed by atoms with Crippen molar-refractivity contribution in [3.63, 3.8) is 0 Å². The van der Waals surface area contributed by atoms with E-state index < -0.39 is 16.1 Å². The van der Waals surface area contributed by atoms with Crippen molar-refractivity contribution < 1.29 is 12.8 Å². The molecule has 1 aliphatic carbocycles. The van der Waals surface area contributed by atoms with Crippen molar-refractivity contribution in [3.8, 4) is 0 Å². The molecule has 1 aliphatic heterocycles. The number of benzene rings is 2. The van der Waals surface area contributed by atoms with E-state index in [4.69, 9.17) is 0 Å². The van der Waals surface area contributed by atoms with Crippen molar-refractivity contribution in [2.24, 2.45) is 0 Å². The minimum Gasteiger partial charge on any atom is -0.207 e. The van der Waals surface area contributed by atoms with Crippen LogP contribution in [0.2, 0.25) is 0 Å². The lowest BCUT2D eigenvalue weighted by Gasteiger charge is -2.25. The highest BCUT2D eigenvalue weighted by atomic mass is 32.2. The average Bonchev–Trinajstić information content (AvgIpc) is 3.12. The van der Waals surface area contributed by atoms with Gasteiger partial charge in [0.05, 0.1) is 10.9 Å². The third kappa shape index (κ3) is 3.00. The van der Waals surface area contributed by atoms with Crippen LogP contribution in [0.3, 0.4) is 0 Å². The van der Waals surface area contributed by atoms with Gasteiger partial charge in [-0.05, 0) is 67.9 Å². The van der Waals surface area contributed by atoms with Crippen LogP contribution in [0.5, 0.6) is 0 Å². The lowest BCUT2D eigenvalue weighted by Crippen LogP contribution is -2.31. The van der Waals surface area contributed by atoms with E-state index in [9.17, 15) is 12.8 Å². The number of halogens is 1.